The van der Waals surface area contributed by atoms with Crippen LogP contribution in [-0.4, -0.2) is 19.4 Å². The van der Waals surface area contributed by atoms with Crippen LogP contribution in [0.15, 0.2) is 30.3 Å². The van der Waals surface area contributed by atoms with E-state index in [0.29, 0.717) is 6.61 Å². The molecule has 0 aromatic heterocycles. The Labute approximate surface area is 95.7 Å². The van der Waals surface area contributed by atoms with Crippen molar-refractivity contribution in [1.29, 1.82) is 0 Å². The molecule has 0 saturated heterocycles. The second kappa shape index (κ2) is 8.41. The fourth-order valence-corrected chi connectivity index (χ4v) is 1.03. The van der Waals surface area contributed by atoms with Gasteiger partial charge >= 0.3 is 5.97 Å². The molecule has 0 aliphatic heterocycles. The van der Waals surface area contributed by atoms with E-state index in [-0.39, 0.29) is 5.97 Å². The van der Waals surface area contributed by atoms with Crippen molar-refractivity contribution in [3.8, 4) is 0 Å². The van der Waals surface area contributed by atoms with Gasteiger partial charge in [-0.15, -0.1) is 0 Å². The standard InChI is InChI=1S/C12H14O2.CH2O/c1-3-14-12(13)9-8-11-6-4-10(2)5-7-11;1-2/h4-9H,3H2,1-2H3;1H2/b9-8+;. The van der Waals surface area contributed by atoms with Crippen LogP contribution < -0.4 is 0 Å². The quantitative estimate of drug-likeness (QED) is 0.580. The molecule has 16 heavy (non-hydrogen) atoms. The number of carbonyl (C=O) groups excluding carboxylic acids is 2. The number of aryl methyl sites for hydroxylation is 1. The molecule has 0 bridgehead atoms. The summed E-state index contributed by atoms with van der Waals surface area (Å²) in [5, 5.41) is 0. The first-order valence-corrected chi connectivity index (χ1v) is 4.92. The molecule has 86 valence electrons. The molecule has 0 radical (unpaired) electrons. The van der Waals surface area contributed by atoms with Gasteiger partial charge in [-0.25, -0.2) is 4.79 Å². The monoisotopic (exact) mass is 220 g/mol. The minimum Gasteiger partial charge on any atom is -0.463 e. The molecule has 1 aromatic carbocycles. The predicted molar refractivity (Wildman–Crippen MR) is 64.0 cm³/mol. The molecular weight excluding hydrogens is 204 g/mol. The minimum atomic E-state index is -0.298. The molecule has 3 heteroatoms. The van der Waals surface area contributed by atoms with Crippen LogP contribution in [-0.2, 0) is 14.3 Å². The first-order chi connectivity index (χ1) is 7.72. The third-order valence-electron chi connectivity index (χ3n) is 1.78. The van der Waals surface area contributed by atoms with Gasteiger partial charge < -0.3 is 9.53 Å². The molecule has 3 nitrogen and oxygen atoms in total. The molecule has 0 saturated carbocycles. The Morgan fingerprint density at radius 3 is 2.38 bits per heavy atom. The number of benzene rings is 1. The molecule has 1 rings (SSSR count). The van der Waals surface area contributed by atoms with Gasteiger partial charge in [-0.05, 0) is 25.5 Å². The molecule has 0 N–H and O–H groups in total. The van der Waals surface area contributed by atoms with Crippen LogP contribution in [0.5, 0.6) is 0 Å². The Balaban J connectivity index is 0.00000106. The second-order valence-electron chi connectivity index (χ2n) is 3.00. The normalized spacial score (nSPS) is 9.38. The van der Waals surface area contributed by atoms with Gasteiger partial charge in [0.05, 0.1) is 6.61 Å². The highest BCUT2D eigenvalue weighted by Gasteiger charge is 1.93. The van der Waals surface area contributed by atoms with Gasteiger partial charge in [-0.2, -0.15) is 0 Å². The number of ether oxygens (including phenoxy) is 1. The van der Waals surface area contributed by atoms with Crippen LogP contribution in [0.1, 0.15) is 18.1 Å². The van der Waals surface area contributed by atoms with Gasteiger partial charge in [0.1, 0.15) is 6.79 Å². The summed E-state index contributed by atoms with van der Waals surface area (Å²) in [4.78, 5) is 19.0. The maximum absolute atomic E-state index is 11.0. The summed E-state index contributed by atoms with van der Waals surface area (Å²) in [6.07, 6.45) is 3.19. The van der Waals surface area contributed by atoms with Crippen molar-refractivity contribution in [3.05, 3.63) is 41.5 Å². The second-order valence-corrected chi connectivity index (χ2v) is 3.00. The molecule has 0 fully saturated rings. The molecule has 0 heterocycles. The van der Waals surface area contributed by atoms with Crippen molar-refractivity contribution in [3.63, 3.8) is 0 Å². The van der Waals surface area contributed by atoms with E-state index in [9.17, 15) is 4.79 Å². The van der Waals surface area contributed by atoms with Crippen LogP contribution >= 0.6 is 0 Å². The summed E-state index contributed by atoms with van der Waals surface area (Å²) in [6.45, 7) is 6.23. The fourth-order valence-electron chi connectivity index (χ4n) is 1.03. The largest absolute Gasteiger partial charge is 0.463 e. The maximum Gasteiger partial charge on any atom is 0.330 e. The number of hydrogen-bond donors (Lipinski definition) is 0. The van der Waals surface area contributed by atoms with E-state index >= 15 is 0 Å². The molecular formula is C13H16O3. The summed E-state index contributed by atoms with van der Waals surface area (Å²) in [7, 11) is 0. The highest BCUT2D eigenvalue weighted by Crippen LogP contribution is 2.04. The highest BCUT2D eigenvalue weighted by molar-refractivity contribution is 5.86. The van der Waals surface area contributed by atoms with Gasteiger partial charge in [0.25, 0.3) is 0 Å². The van der Waals surface area contributed by atoms with Gasteiger partial charge in [0, 0.05) is 6.08 Å². The van der Waals surface area contributed by atoms with Gasteiger partial charge in [0.2, 0.25) is 0 Å². The van der Waals surface area contributed by atoms with E-state index in [2.05, 4.69) is 0 Å². The van der Waals surface area contributed by atoms with Crippen molar-refractivity contribution in [1.82, 2.24) is 0 Å². The SMILES string of the molecule is C=O.CCOC(=O)/C=C/c1ccc(C)cc1. The first kappa shape index (κ1) is 14.1. The zero-order valence-corrected chi connectivity index (χ0v) is 9.60. The lowest BCUT2D eigenvalue weighted by Gasteiger charge is -1.96. The summed E-state index contributed by atoms with van der Waals surface area (Å²) in [5.41, 5.74) is 2.21. The van der Waals surface area contributed by atoms with Crippen molar-refractivity contribution in [2.24, 2.45) is 0 Å². The summed E-state index contributed by atoms with van der Waals surface area (Å²) < 4.78 is 4.76. The van der Waals surface area contributed by atoms with Crippen molar-refractivity contribution in [2.45, 2.75) is 13.8 Å². The third kappa shape index (κ3) is 5.75. The summed E-state index contributed by atoms with van der Waals surface area (Å²) >= 11 is 0. The Morgan fingerprint density at radius 1 is 1.31 bits per heavy atom. The maximum atomic E-state index is 11.0. The fraction of sp³-hybridized carbons (Fsp3) is 0.231. The average molecular weight is 220 g/mol. The zero-order chi connectivity index (χ0) is 12.4. The van der Waals surface area contributed by atoms with E-state index in [1.54, 1.807) is 13.0 Å². The molecule has 0 aliphatic carbocycles. The van der Waals surface area contributed by atoms with E-state index < -0.39 is 0 Å². The van der Waals surface area contributed by atoms with E-state index in [4.69, 9.17) is 9.53 Å². The van der Waals surface area contributed by atoms with Crippen LogP contribution in [0.3, 0.4) is 0 Å². The zero-order valence-electron chi connectivity index (χ0n) is 9.60. The van der Waals surface area contributed by atoms with Crippen LogP contribution in [0.2, 0.25) is 0 Å². The molecule has 0 amide bonds. The first-order valence-electron chi connectivity index (χ1n) is 4.92. The number of esters is 1. The Hall–Kier alpha value is -1.90. The van der Waals surface area contributed by atoms with Gasteiger partial charge in [-0.1, -0.05) is 29.8 Å². The number of hydrogen-bond acceptors (Lipinski definition) is 3. The van der Waals surface area contributed by atoms with E-state index in [1.165, 1.54) is 11.6 Å². The molecule has 0 unspecified atom stereocenters. The average Bonchev–Trinajstić information content (AvgIpc) is 2.31. The topological polar surface area (TPSA) is 43.4 Å². The predicted octanol–water partition coefficient (Wildman–Crippen LogP) is 2.39. The summed E-state index contributed by atoms with van der Waals surface area (Å²) in [5.74, 6) is -0.298. The Bertz CT molecular complexity index is 339. The third-order valence-corrected chi connectivity index (χ3v) is 1.78. The number of carbonyl (C=O) groups is 2. The Kier molecular flexibility index (Phi) is 7.41. The van der Waals surface area contributed by atoms with E-state index in [1.807, 2.05) is 38.0 Å². The Morgan fingerprint density at radius 2 is 1.88 bits per heavy atom. The molecule has 0 atom stereocenters. The van der Waals surface area contributed by atoms with Gasteiger partial charge in [0.15, 0.2) is 0 Å². The van der Waals surface area contributed by atoms with Crippen molar-refractivity contribution < 1.29 is 14.3 Å². The minimum absolute atomic E-state index is 0.298. The van der Waals surface area contributed by atoms with Crippen molar-refractivity contribution in [2.75, 3.05) is 6.61 Å². The van der Waals surface area contributed by atoms with E-state index in [0.717, 1.165) is 5.56 Å². The van der Waals surface area contributed by atoms with Crippen molar-refractivity contribution >= 4 is 18.8 Å². The molecule has 0 spiro atoms. The molecule has 1 aromatic rings. The smallest absolute Gasteiger partial charge is 0.330 e. The van der Waals surface area contributed by atoms with Crippen LogP contribution in [0.25, 0.3) is 6.08 Å². The lowest BCUT2D eigenvalue weighted by Crippen LogP contribution is -1.98. The summed E-state index contributed by atoms with van der Waals surface area (Å²) in [6, 6.07) is 7.94. The lowest BCUT2D eigenvalue weighted by atomic mass is 10.1. The van der Waals surface area contributed by atoms with Crippen LogP contribution in [0.4, 0.5) is 0 Å². The lowest BCUT2D eigenvalue weighted by molar-refractivity contribution is -0.137. The van der Waals surface area contributed by atoms with Gasteiger partial charge in [-0.3, -0.25) is 0 Å². The molecule has 0 aliphatic rings. The number of rotatable bonds is 3. The van der Waals surface area contributed by atoms with Crippen LogP contribution in [0, 0.1) is 6.92 Å². The highest BCUT2D eigenvalue weighted by atomic mass is 16.5.